The molecule has 1 saturated heterocycles. The van der Waals surface area contributed by atoms with Gasteiger partial charge in [-0.1, -0.05) is 24.3 Å². The van der Waals surface area contributed by atoms with Gasteiger partial charge in [0, 0.05) is 5.56 Å². The van der Waals surface area contributed by atoms with Crippen LogP contribution in [-0.2, 0) is 16.1 Å². The Bertz CT molecular complexity index is 1040. The number of urea groups is 1. The normalized spacial score (nSPS) is 15.8. The molecule has 8 nitrogen and oxygen atoms in total. The van der Waals surface area contributed by atoms with Gasteiger partial charge in [-0.15, -0.1) is 0 Å². The highest BCUT2D eigenvalue weighted by atomic mass is 19.1. The fourth-order valence-corrected chi connectivity index (χ4v) is 2.79. The van der Waals surface area contributed by atoms with Gasteiger partial charge in [-0.2, -0.15) is 0 Å². The molecular weight excluding hydrogens is 395 g/mol. The number of hydrogen-bond acceptors (Lipinski definition) is 5. The van der Waals surface area contributed by atoms with Gasteiger partial charge in [0.15, 0.2) is 17.6 Å². The van der Waals surface area contributed by atoms with Gasteiger partial charge in [-0.3, -0.25) is 9.69 Å². The van der Waals surface area contributed by atoms with Crippen molar-refractivity contribution >= 4 is 24.0 Å². The highest BCUT2D eigenvalue weighted by Crippen LogP contribution is 2.30. The van der Waals surface area contributed by atoms with Crippen LogP contribution in [0, 0.1) is 5.82 Å². The van der Waals surface area contributed by atoms with Gasteiger partial charge >= 0.3 is 12.0 Å². The molecule has 0 radical (unpaired) electrons. The summed E-state index contributed by atoms with van der Waals surface area (Å²) in [5.74, 6) is -1.75. The van der Waals surface area contributed by atoms with Crippen LogP contribution in [0.15, 0.2) is 48.2 Å². The van der Waals surface area contributed by atoms with Gasteiger partial charge in [0.25, 0.3) is 5.91 Å². The Labute approximate surface area is 171 Å². The molecule has 2 N–H and O–H groups in total. The highest BCUT2D eigenvalue weighted by molar-refractivity contribution is 6.13. The van der Waals surface area contributed by atoms with Crippen LogP contribution in [-0.4, -0.2) is 41.1 Å². The number of rotatable bonds is 7. The summed E-state index contributed by atoms with van der Waals surface area (Å²) in [5.41, 5.74) is 0.752. The van der Waals surface area contributed by atoms with Crippen molar-refractivity contribution in [2.75, 3.05) is 7.11 Å². The number of hydrogen-bond donors (Lipinski definition) is 2. The second kappa shape index (κ2) is 8.64. The molecule has 3 rings (SSSR count). The molecule has 9 heteroatoms. The minimum absolute atomic E-state index is 0.0194. The Morgan fingerprint density at radius 3 is 2.63 bits per heavy atom. The number of methoxy groups -OCH3 is 1. The number of ether oxygens (including phenoxy) is 2. The van der Waals surface area contributed by atoms with E-state index >= 15 is 0 Å². The SMILES string of the molecule is COc1cc(C=C2NC(=O)N(Cc3ccccc3F)C2=O)ccc1OC(C)C(=O)O. The van der Waals surface area contributed by atoms with E-state index < -0.39 is 29.8 Å². The van der Waals surface area contributed by atoms with Crippen LogP contribution in [0.25, 0.3) is 6.08 Å². The average molecular weight is 414 g/mol. The van der Waals surface area contributed by atoms with E-state index in [4.69, 9.17) is 14.6 Å². The number of carboxylic acid groups (broad SMARTS) is 1. The lowest BCUT2D eigenvalue weighted by atomic mass is 10.1. The van der Waals surface area contributed by atoms with Gasteiger partial charge < -0.3 is 19.9 Å². The van der Waals surface area contributed by atoms with Crippen LogP contribution in [0.4, 0.5) is 9.18 Å². The molecule has 2 aromatic rings. The molecule has 2 aromatic carbocycles. The zero-order valence-corrected chi connectivity index (χ0v) is 16.2. The third-order valence-corrected chi connectivity index (χ3v) is 4.40. The van der Waals surface area contributed by atoms with Crippen LogP contribution in [0.3, 0.4) is 0 Å². The van der Waals surface area contributed by atoms with E-state index in [0.717, 1.165) is 4.90 Å². The van der Waals surface area contributed by atoms with Crippen molar-refractivity contribution in [2.45, 2.75) is 19.6 Å². The van der Waals surface area contributed by atoms with Gasteiger partial charge in [0.1, 0.15) is 11.5 Å². The Hall–Kier alpha value is -3.88. The number of aliphatic carboxylic acids is 1. The maximum Gasteiger partial charge on any atom is 0.344 e. The van der Waals surface area contributed by atoms with Gasteiger partial charge in [-0.05, 0) is 36.8 Å². The quantitative estimate of drug-likeness (QED) is 0.533. The van der Waals surface area contributed by atoms with Crippen molar-refractivity contribution in [3.8, 4) is 11.5 Å². The zero-order chi connectivity index (χ0) is 21.8. The van der Waals surface area contributed by atoms with Gasteiger partial charge in [-0.25, -0.2) is 14.0 Å². The first-order valence-electron chi connectivity index (χ1n) is 8.95. The second-order valence-corrected chi connectivity index (χ2v) is 6.48. The minimum atomic E-state index is -1.13. The molecule has 1 unspecified atom stereocenters. The molecule has 1 heterocycles. The summed E-state index contributed by atoms with van der Waals surface area (Å²) in [7, 11) is 1.39. The topological polar surface area (TPSA) is 105 Å². The first-order chi connectivity index (χ1) is 14.3. The van der Waals surface area contributed by atoms with Crippen LogP contribution >= 0.6 is 0 Å². The number of benzene rings is 2. The molecule has 1 aliphatic rings. The Kier molecular flexibility index (Phi) is 6.01. The summed E-state index contributed by atoms with van der Waals surface area (Å²) >= 11 is 0. The van der Waals surface area contributed by atoms with E-state index in [-0.39, 0.29) is 29.3 Å². The van der Waals surface area contributed by atoms with Crippen molar-refractivity contribution in [1.29, 1.82) is 0 Å². The zero-order valence-electron chi connectivity index (χ0n) is 16.2. The van der Waals surface area contributed by atoms with Crippen LogP contribution in [0.2, 0.25) is 0 Å². The van der Waals surface area contributed by atoms with Crippen molar-refractivity contribution in [2.24, 2.45) is 0 Å². The monoisotopic (exact) mass is 414 g/mol. The largest absolute Gasteiger partial charge is 0.493 e. The van der Waals surface area contributed by atoms with E-state index in [9.17, 15) is 18.8 Å². The maximum atomic E-state index is 13.9. The molecule has 1 fully saturated rings. The van der Waals surface area contributed by atoms with Crippen molar-refractivity contribution < 1.29 is 33.4 Å². The fraction of sp³-hybridized carbons (Fsp3) is 0.190. The summed E-state index contributed by atoms with van der Waals surface area (Å²) in [6.45, 7) is 1.19. The van der Waals surface area contributed by atoms with Gasteiger partial charge in [0.05, 0.1) is 13.7 Å². The number of carboxylic acids is 1. The first-order valence-corrected chi connectivity index (χ1v) is 8.95. The maximum absolute atomic E-state index is 13.9. The van der Waals surface area contributed by atoms with Crippen molar-refractivity contribution in [3.05, 3.63) is 65.1 Å². The molecule has 0 spiro atoms. The number of nitrogens with one attached hydrogen (secondary N) is 1. The number of amides is 3. The summed E-state index contributed by atoms with van der Waals surface area (Å²) in [4.78, 5) is 36.7. The summed E-state index contributed by atoms with van der Waals surface area (Å²) in [5, 5.41) is 11.4. The van der Waals surface area contributed by atoms with E-state index in [1.807, 2.05) is 0 Å². The third kappa shape index (κ3) is 4.40. The Morgan fingerprint density at radius 1 is 1.23 bits per heavy atom. The Balaban J connectivity index is 1.81. The molecule has 0 aromatic heterocycles. The Morgan fingerprint density at radius 2 is 1.97 bits per heavy atom. The number of nitrogens with zero attached hydrogens (tertiary/aromatic N) is 1. The second-order valence-electron chi connectivity index (χ2n) is 6.48. The molecule has 1 aliphatic heterocycles. The first kappa shape index (κ1) is 20.8. The molecular formula is C21H19FN2O6. The van der Waals surface area contributed by atoms with Crippen molar-refractivity contribution in [3.63, 3.8) is 0 Å². The van der Waals surface area contributed by atoms with Crippen molar-refractivity contribution in [1.82, 2.24) is 10.2 Å². The summed E-state index contributed by atoms with van der Waals surface area (Å²) in [6.07, 6.45) is 0.361. The van der Waals surface area contributed by atoms with Crippen LogP contribution < -0.4 is 14.8 Å². The predicted molar refractivity (Wildman–Crippen MR) is 104 cm³/mol. The summed E-state index contributed by atoms with van der Waals surface area (Å²) in [6, 6.07) is 9.86. The van der Waals surface area contributed by atoms with Gasteiger partial charge in [0.2, 0.25) is 0 Å². The fourth-order valence-electron chi connectivity index (χ4n) is 2.79. The average Bonchev–Trinajstić information content (AvgIpc) is 2.97. The molecule has 0 saturated carbocycles. The molecule has 0 bridgehead atoms. The van der Waals surface area contributed by atoms with Crippen LogP contribution in [0.5, 0.6) is 11.5 Å². The van der Waals surface area contributed by atoms with E-state index in [1.165, 1.54) is 50.4 Å². The van der Waals surface area contributed by atoms with E-state index in [1.54, 1.807) is 12.1 Å². The highest BCUT2D eigenvalue weighted by Gasteiger charge is 2.34. The number of halogens is 1. The van der Waals surface area contributed by atoms with Crippen LogP contribution in [0.1, 0.15) is 18.1 Å². The molecule has 1 atom stereocenters. The molecule has 3 amide bonds. The smallest absolute Gasteiger partial charge is 0.344 e. The number of imide groups is 1. The molecule has 0 aliphatic carbocycles. The lowest BCUT2D eigenvalue weighted by molar-refractivity contribution is -0.144. The number of carbonyl (C=O) groups excluding carboxylic acids is 2. The van der Waals surface area contributed by atoms with E-state index in [2.05, 4.69) is 5.32 Å². The standard InChI is InChI=1S/C21H19FN2O6/c1-12(20(26)27)30-17-8-7-13(10-18(17)29-2)9-16-19(25)24(21(28)23-16)11-14-5-3-4-6-15(14)22/h3-10,12H,11H2,1-2H3,(H,23,28)(H,26,27). The minimum Gasteiger partial charge on any atom is -0.493 e. The lowest BCUT2D eigenvalue weighted by Gasteiger charge is -2.14. The predicted octanol–water partition coefficient (Wildman–Crippen LogP) is 2.78. The van der Waals surface area contributed by atoms with E-state index in [0.29, 0.717) is 5.56 Å². The summed E-state index contributed by atoms with van der Waals surface area (Å²) < 4.78 is 24.4. The molecule has 30 heavy (non-hydrogen) atoms. The molecule has 156 valence electrons. The lowest BCUT2D eigenvalue weighted by Crippen LogP contribution is -2.30. The number of carbonyl (C=O) groups is 3. The third-order valence-electron chi connectivity index (χ3n) is 4.40.